The predicted molar refractivity (Wildman–Crippen MR) is 95.7 cm³/mol. The van der Waals surface area contributed by atoms with E-state index in [1.54, 1.807) is 16.2 Å². The number of hydrogen-bond donors (Lipinski definition) is 0. The molecular formula is C19H18N2OS. The molecule has 0 saturated carbocycles. The van der Waals surface area contributed by atoms with Gasteiger partial charge >= 0.3 is 0 Å². The van der Waals surface area contributed by atoms with Crippen LogP contribution in [0, 0.1) is 0 Å². The third-order valence-electron chi connectivity index (χ3n) is 3.59. The molecule has 1 amide bonds. The van der Waals surface area contributed by atoms with Crippen LogP contribution < -0.4 is 4.90 Å². The van der Waals surface area contributed by atoms with Gasteiger partial charge < -0.3 is 4.90 Å². The Hall–Kier alpha value is -2.46. The molecule has 0 unspecified atom stereocenters. The van der Waals surface area contributed by atoms with Crippen molar-refractivity contribution in [2.24, 2.45) is 0 Å². The number of amides is 1. The molecule has 0 aliphatic carbocycles. The Labute approximate surface area is 140 Å². The third-order valence-corrected chi connectivity index (χ3v) is 4.53. The summed E-state index contributed by atoms with van der Waals surface area (Å²) in [6, 6.07) is 19.8. The van der Waals surface area contributed by atoms with E-state index in [0.717, 1.165) is 22.0 Å². The van der Waals surface area contributed by atoms with Crippen molar-refractivity contribution >= 4 is 22.9 Å². The van der Waals surface area contributed by atoms with E-state index in [1.807, 2.05) is 73.0 Å². The molecule has 116 valence electrons. The lowest BCUT2D eigenvalue weighted by molar-refractivity contribution is -0.118. The van der Waals surface area contributed by atoms with Crippen LogP contribution in [0.2, 0.25) is 0 Å². The van der Waals surface area contributed by atoms with Gasteiger partial charge in [0.05, 0.1) is 12.1 Å². The van der Waals surface area contributed by atoms with Gasteiger partial charge in [0.25, 0.3) is 0 Å². The Morgan fingerprint density at radius 3 is 2.35 bits per heavy atom. The fourth-order valence-electron chi connectivity index (χ4n) is 2.46. The fourth-order valence-corrected chi connectivity index (χ4v) is 3.29. The molecule has 0 atom stereocenters. The molecular weight excluding hydrogens is 304 g/mol. The van der Waals surface area contributed by atoms with Crippen molar-refractivity contribution in [2.75, 3.05) is 11.4 Å². The maximum Gasteiger partial charge on any atom is 0.233 e. The van der Waals surface area contributed by atoms with Crippen LogP contribution in [-0.4, -0.2) is 17.4 Å². The quantitative estimate of drug-likeness (QED) is 0.697. The van der Waals surface area contributed by atoms with Crippen LogP contribution in [0.15, 0.2) is 66.0 Å². The second-order valence-electron chi connectivity index (χ2n) is 5.16. The first-order valence-electron chi connectivity index (χ1n) is 7.63. The highest BCUT2D eigenvalue weighted by atomic mass is 32.1. The number of benzene rings is 2. The number of thiazole rings is 1. The summed E-state index contributed by atoms with van der Waals surface area (Å²) in [5, 5.41) is 2.93. The van der Waals surface area contributed by atoms with Gasteiger partial charge in [-0.3, -0.25) is 4.79 Å². The lowest BCUT2D eigenvalue weighted by Gasteiger charge is -2.20. The van der Waals surface area contributed by atoms with Crippen LogP contribution in [0.1, 0.15) is 12.6 Å². The first kappa shape index (κ1) is 15.4. The summed E-state index contributed by atoms with van der Waals surface area (Å²) in [7, 11) is 0. The molecule has 0 spiro atoms. The van der Waals surface area contributed by atoms with E-state index in [0.29, 0.717) is 13.0 Å². The highest BCUT2D eigenvalue weighted by Crippen LogP contribution is 2.24. The van der Waals surface area contributed by atoms with Gasteiger partial charge in [0, 0.05) is 23.2 Å². The number of likely N-dealkylation sites (N-methyl/N-ethyl adjacent to an activating group) is 1. The van der Waals surface area contributed by atoms with Crippen LogP contribution in [-0.2, 0) is 11.2 Å². The van der Waals surface area contributed by atoms with Crippen molar-refractivity contribution in [2.45, 2.75) is 13.3 Å². The average molecular weight is 322 g/mol. The molecule has 3 aromatic rings. The van der Waals surface area contributed by atoms with Gasteiger partial charge in [-0.05, 0) is 19.1 Å². The molecule has 4 heteroatoms. The summed E-state index contributed by atoms with van der Waals surface area (Å²) in [6.45, 7) is 2.64. The van der Waals surface area contributed by atoms with Gasteiger partial charge in [-0.15, -0.1) is 11.3 Å². The Bertz CT molecular complexity index is 768. The molecule has 0 saturated heterocycles. The predicted octanol–water partition coefficient (Wildman–Crippen LogP) is 4.41. The minimum Gasteiger partial charge on any atom is -0.312 e. The van der Waals surface area contributed by atoms with Gasteiger partial charge in [-0.1, -0.05) is 48.5 Å². The van der Waals surface area contributed by atoms with E-state index in [2.05, 4.69) is 4.98 Å². The summed E-state index contributed by atoms with van der Waals surface area (Å²) in [4.78, 5) is 19.0. The number of para-hydroxylation sites is 1. The maximum atomic E-state index is 12.6. The summed E-state index contributed by atoms with van der Waals surface area (Å²) in [6.07, 6.45) is 0.325. The second-order valence-corrected chi connectivity index (χ2v) is 6.02. The minimum absolute atomic E-state index is 0.0728. The van der Waals surface area contributed by atoms with Gasteiger partial charge in [0.1, 0.15) is 5.01 Å². The molecule has 0 aliphatic rings. The van der Waals surface area contributed by atoms with Crippen molar-refractivity contribution in [3.63, 3.8) is 0 Å². The normalized spacial score (nSPS) is 10.5. The average Bonchev–Trinajstić information content (AvgIpc) is 3.06. The van der Waals surface area contributed by atoms with Crippen LogP contribution in [0.25, 0.3) is 10.6 Å². The van der Waals surface area contributed by atoms with E-state index < -0.39 is 0 Å². The fraction of sp³-hybridized carbons (Fsp3) is 0.158. The van der Waals surface area contributed by atoms with Crippen molar-refractivity contribution in [1.82, 2.24) is 4.98 Å². The molecule has 1 aromatic heterocycles. The molecule has 0 N–H and O–H groups in total. The van der Waals surface area contributed by atoms with E-state index in [-0.39, 0.29) is 5.91 Å². The van der Waals surface area contributed by atoms with Crippen molar-refractivity contribution in [3.8, 4) is 10.6 Å². The summed E-state index contributed by atoms with van der Waals surface area (Å²) >= 11 is 1.58. The lowest BCUT2D eigenvalue weighted by Crippen LogP contribution is -2.32. The van der Waals surface area contributed by atoms with Crippen LogP contribution >= 0.6 is 11.3 Å². The molecule has 0 fully saturated rings. The Balaban J connectivity index is 1.74. The summed E-state index contributed by atoms with van der Waals surface area (Å²) < 4.78 is 0. The first-order valence-corrected chi connectivity index (χ1v) is 8.51. The Kier molecular flexibility index (Phi) is 4.83. The standard InChI is InChI=1S/C19H18N2OS/c1-2-21(17-11-7-4-8-12-17)18(22)13-16-14-23-19(20-16)15-9-5-3-6-10-15/h3-12,14H,2,13H2,1H3. The largest absolute Gasteiger partial charge is 0.312 e. The zero-order valence-electron chi connectivity index (χ0n) is 13.0. The molecule has 0 radical (unpaired) electrons. The van der Waals surface area contributed by atoms with Gasteiger partial charge in [-0.2, -0.15) is 0 Å². The van der Waals surface area contributed by atoms with Crippen molar-refractivity contribution < 1.29 is 4.79 Å². The van der Waals surface area contributed by atoms with Gasteiger partial charge in [0.2, 0.25) is 5.91 Å². The third kappa shape index (κ3) is 3.66. The highest BCUT2D eigenvalue weighted by Gasteiger charge is 2.16. The van der Waals surface area contributed by atoms with Crippen LogP contribution in [0.5, 0.6) is 0 Å². The van der Waals surface area contributed by atoms with Crippen molar-refractivity contribution in [3.05, 3.63) is 71.7 Å². The molecule has 0 bridgehead atoms. The lowest BCUT2D eigenvalue weighted by atomic mass is 10.2. The minimum atomic E-state index is 0.0728. The molecule has 1 heterocycles. The second kappa shape index (κ2) is 7.20. The maximum absolute atomic E-state index is 12.6. The van der Waals surface area contributed by atoms with E-state index in [4.69, 9.17) is 0 Å². The smallest absolute Gasteiger partial charge is 0.233 e. The zero-order chi connectivity index (χ0) is 16.1. The molecule has 3 rings (SSSR count). The highest BCUT2D eigenvalue weighted by molar-refractivity contribution is 7.13. The number of carbonyl (C=O) groups excluding carboxylic acids is 1. The number of anilines is 1. The molecule has 23 heavy (non-hydrogen) atoms. The summed E-state index contributed by atoms with van der Waals surface area (Å²) in [5.41, 5.74) is 2.85. The van der Waals surface area contributed by atoms with Crippen LogP contribution in [0.4, 0.5) is 5.69 Å². The van der Waals surface area contributed by atoms with Gasteiger partial charge in [-0.25, -0.2) is 4.98 Å². The van der Waals surface area contributed by atoms with Crippen LogP contribution in [0.3, 0.4) is 0 Å². The van der Waals surface area contributed by atoms with E-state index >= 15 is 0 Å². The van der Waals surface area contributed by atoms with Crippen molar-refractivity contribution in [1.29, 1.82) is 0 Å². The first-order chi connectivity index (χ1) is 11.3. The van der Waals surface area contributed by atoms with E-state index in [1.165, 1.54) is 0 Å². The molecule has 3 nitrogen and oxygen atoms in total. The van der Waals surface area contributed by atoms with E-state index in [9.17, 15) is 4.79 Å². The summed E-state index contributed by atoms with van der Waals surface area (Å²) in [5.74, 6) is 0.0728. The zero-order valence-corrected chi connectivity index (χ0v) is 13.8. The molecule has 0 aliphatic heterocycles. The number of carbonyl (C=O) groups is 1. The number of aromatic nitrogens is 1. The molecule has 2 aromatic carbocycles. The number of rotatable bonds is 5. The SMILES string of the molecule is CCN(C(=O)Cc1csc(-c2ccccc2)n1)c1ccccc1. The number of nitrogens with zero attached hydrogens (tertiary/aromatic N) is 2. The Morgan fingerprint density at radius 1 is 1.04 bits per heavy atom. The topological polar surface area (TPSA) is 33.2 Å². The Morgan fingerprint density at radius 2 is 1.70 bits per heavy atom. The monoisotopic (exact) mass is 322 g/mol. The van der Waals surface area contributed by atoms with Gasteiger partial charge in [0.15, 0.2) is 0 Å². The number of hydrogen-bond acceptors (Lipinski definition) is 3.